The molecule has 0 bridgehead atoms. The molecule has 30 heteroatoms. The SMILES string of the molecule is CC(=O)N[C@@H](CCC(=O)O)C(=O)N[C@@H](CC(C)C)C(=O)N[C@@H](C)C(=O)N1CCC[C@H]1C(=O)N[C@H](C(=O)NCC(=O)N1CCC[C@H]1C(=O)NCC(N)=O)[C@@H](C)O[C@H]1O[C@H](COC(C)=O)[C@H](OC(C)=O)[C@H](OC(C)=O)[C@H]1NC(C)=S. The van der Waals surface area contributed by atoms with Gasteiger partial charge in [0.05, 0.1) is 24.2 Å². The zero-order chi connectivity index (χ0) is 58.7. The van der Waals surface area contributed by atoms with E-state index in [1.54, 1.807) is 13.8 Å². The predicted molar refractivity (Wildman–Crippen MR) is 272 cm³/mol. The third-order valence-corrected chi connectivity index (χ3v) is 12.6. The highest BCUT2D eigenvalue weighted by Gasteiger charge is 2.52. The number of aliphatic carboxylic acids is 1. The zero-order valence-corrected chi connectivity index (χ0v) is 46.0. The monoisotopic (exact) mass is 1130 g/mol. The van der Waals surface area contributed by atoms with Crippen molar-refractivity contribution in [3.63, 3.8) is 0 Å². The van der Waals surface area contributed by atoms with Crippen LogP contribution in [0.3, 0.4) is 0 Å². The molecule has 436 valence electrons. The molecule has 3 saturated heterocycles. The zero-order valence-electron chi connectivity index (χ0n) is 45.2. The van der Waals surface area contributed by atoms with Gasteiger partial charge in [-0.1, -0.05) is 26.1 Å². The van der Waals surface area contributed by atoms with E-state index >= 15 is 0 Å². The standard InChI is InChI=1S/C48H74N10O19S/c1-22(2)18-31(55-42(67)30(53-25(5)59)14-15-37(65)66)43(68)52-23(3)47(72)58-17-11-13-33(58)45(70)56-38(46(71)51-20-36(64)57-16-10-12-32(57)44(69)50-19-35(49)63)24(4)74-48-39(54-26(6)78)41(76-29(9)62)40(75-28(8)61)34(77-48)21-73-27(7)60/h22-24,30-34,38-41,48H,10-21H2,1-9H3,(H2,49,63)(H,50,69)(H,51,71)(H,52,68)(H,53,59)(H,54,78)(H,55,67)(H,56,70)(H,65,66)/t23-,24+,30-,31-,32-,33-,34+,38-,39+,40-,41+,48-/m0/s1. The molecular formula is C48H74N10O19S. The van der Waals surface area contributed by atoms with Gasteiger partial charge < -0.3 is 81.5 Å². The first kappa shape index (κ1) is 65.2. The lowest BCUT2D eigenvalue weighted by Crippen LogP contribution is -2.67. The van der Waals surface area contributed by atoms with Gasteiger partial charge >= 0.3 is 23.9 Å². The first-order valence-corrected chi connectivity index (χ1v) is 25.8. The lowest BCUT2D eigenvalue weighted by molar-refractivity contribution is -0.286. The minimum absolute atomic E-state index is 0.0116. The third kappa shape index (κ3) is 20.4. The third-order valence-electron chi connectivity index (χ3n) is 12.4. The fourth-order valence-corrected chi connectivity index (χ4v) is 9.17. The van der Waals surface area contributed by atoms with Gasteiger partial charge in [-0.05, 0) is 65.2 Å². The normalized spacial score (nSPS) is 22.7. The lowest BCUT2D eigenvalue weighted by Gasteiger charge is -2.46. The number of amides is 9. The van der Waals surface area contributed by atoms with Crippen molar-refractivity contribution in [1.29, 1.82) is 0 Å². The predicted octanol–water partition coefficient (Wildman–Crippen LogP) is -3.56. The van der Waals surface area contributed by atoms with E-state index in [-0.39, 0.29) is 56.1 Å². The molecule has 0 aromatic heterocycles. The summed E-state index contributed by atoms with van der Waals surface area (Å²) >= 11 is 5.33. The van der Waals surface area contributed by atoms with Gasteiger partial charge in [-0.2, -0.15) is 0 Å². The van der Waals surface area contributed by atoms with Crippen LogP contribution >= 0.6 is 12.2 Å². The van der Waals surface area contributed by atoms with Crippen LogP contribution in [0.25, 0.3) is 0 Å². The maximum Gasteiger partial charge on any atom is 0.303 e. The largest absolute Gasteiger partial charge is 0.481 e. The number of carbonyl (C=O) groups excluding carboxylic acids is 12. The molecule has 29 nitrogen and oxygen atoms in total. The molecule has 0 aliphatic carbocycles. The van der Waals surface area contributed by atoms with Crippen molar-refractivity contribution >= 4 is 94.2 Å². The molecule has 12 atom stereocenters. The Hall–Kier alpha value is -7.08. The van der Waals surface area contributed by atoms with Crippen LogP contribution in [0.15, 0.2) is 0 Å². The number of nitrogens with one attached hydrogen (secondary N) is 7. The molecule has 0 saturated carbocycles. The highest BCUT2D eigenvalue weighted by Crippen LogP contribution is 2.30. The van der Waals surface area contributed by atoms with E-state index in [9.17, 15) is 67.4 Å². The van der Waals surface area contributed by atoms with Crippen LogP contribution in [0.2, 0.25) is 0 Å². The van der Waals surface area contributed by atoms with Crippen LogP contribution in [0.4, 0.5) is 0 Å². The number of carboxylic acids is 1. The van der Waals surface area contributed by atoms with Crippen LogP contribution < -0.4 is 43.0 Å². The molecule has 3 aliphatic heterocycles. The summed E-state index contributed by atoms with van der Waals surface area (Å²) in [5.74, 6) is -10.9. The molecule has 0 spiro atoms. The second-order valence-electron chi connectivity index (χ2n) is 19.5. The number of rotatable bonds is 27. The molecular weight excluding hydrogens is 1050 g/mol. The van der Waals surface area contributed by atoms with Crippen molar-refractivity contribution in [2.24, 2.45) is 11.7 Å². The van der Waals surface area contributed by atoms with Gasteiger partial charge in [-0.3, -0.25) is 62.3 Å². The number of primary amides is 1. The number of nitrogens with two attached hydrogens (primary N) is 1. The number of hydrogen-bond acceptors (Lipinski definition) is 19. The van der Waals surface area contributed by atoms with E-state index < -0.39 is 176 Å². The van der Waals surface area contributed by atoms with Crippen molar-refractivity contribution in [3.05, 3.63) is 0 Å². The fraction of sp³-hybridized carbons (Fsp3) is 0.708. The Kier molecular flexibility index (Phi) is 25.7. The molecule has 0 aromatic carbocycles. The molecule has 0 unspecified atom stereocenters. The van der Waals surface area contributed by atoms with E-state index in [4.69, 9.17) is 41.6 Å². The Bertz CT molecular complexity index is 2270. The maximum absolute atomic E-state index is 14.5. The van der Waals surface area contributed by atoms with Crippen LogP contribution in [0, 0.1) is 5.92 Å². The van der Waals surface area contributed by atoms with Gasteiger partial charge in [-0.15, -0.1) is 0 Å². The topological polar surface area (TPSA) is 405 Å². The average molecular weight is 1130 g/mol. The Labute approximate surface area is 455 Å². The number of ether oxygens (including phenoxy) is 5. The summed E-state index contributed by atoms with van der Waals surface area (Å²) < 4.78 is 28.9. The number of thiocarbonyl (C=S) groups is 1. The Balaban J connectivity index is 1.98. The molecule has 0 radical (unpaired) electrons. The highest BCUT2D eigenvalue weighted by atomic mass is 32.1. The maximum atomic E-state index is 14.5. The fourth-order valence-electron chi connectivity index (χ4n) is 9.03. The van der Waals surface area contributed by atoms with Crippen LogP contribution in [-0.4, -0.2) is 203 Å². The minimum Gasteiger partial charge on any atom is -0.481 e. The number of nitrogens with zero attached hydrogens (tertiary/aromatic N) is 2. The van der Waals surface area contributed by atoms with Gasteiger partial charge in [0.15, 0.2) is 18.5 Å². The van der Waals surface area contributed by atoms with E-state index in [1.165, 1.54) is 30.6 Å². The molecule has 0 aromatic rings. The molecule has 3 heterocycles. The second-order valence-corrected chi connectivity index (χ2v) is 20.1. The quantitative estimate of drug-likeness (QED) is 0.0218. The summed E-state index contributed by atoms with van der Waals surface area (Å²) in [4.78, 5) is 171. The van der Waals surface area contributed by atoms with Crippen molar-refractivity contribution in [3.8, 4) is 0 Å². The van der Waals surface area contributed by atoms with Gasteiger partial charge in [-0.25, -0.2) is 0 Å². The minimum atomic E-state index is -1.76. The van der Waals surface area contributed by atoms with Gasteiger partial charge in [0, 0.05) is 47.2 Å². The lowest BCUT2D eigenvalue weighted by atomic mass is 9.95. The second kappa shape index (κ2) is 30.8. The molecule has 3 aliphatic rings. The number of hydrogen-bond donors (Lipinski definition) is 9. The van der Waals surface area contributed by atoms with E-state index in [1.807, 2.05) is 0 Å². The summed E-state index contributed by atoms with van der Waals surface area (Å²) in [6.07, 6.45) is -7.04. The number of likely N-dealkylation sites (tertiary alicyclic amines) is 2. The number of carboxylic acid groups (broad SMARTS) is 1. The Morgan fingerprint density at radius 3 is 1.85 bits per heavy atom. The van der Waals surface area contributed by atoms with E-state index in [0.29, 0.717) is 6.42 Å². The van der Waals surface area contributed by atoms with Crippen LogP contribution in [-0.2, 0) is 86.0 Å². The summed E-state index contributed by atoms with van der Waals surface area (Å²) in [5, 5.41) is 27.1. The Morgan fingerprint density at radius 1 is 0.705 bits per heavy atom. The summed E-state index contributed by atoms with van der Waals surface area (Å²) in [7, 11) is 0. The molecule has 10 N–H and O–H groups in total. The smallest absolute Gasteiger partial charge is 0.303 e. The summed E-state index contributed by atoms with van der Waals surface area (Å²) in [6, 6.07) is -9.20. The number of esters is 3. The van der Waals surface area contributed by atoms with Crippen LogP contribution in [0.5, 0.6) is 0 Å². The molecule has 3 fully saturated rings. The number of carbonyl (C=O) groups is 13. The van der Waals surface area contributed by atoms with Gasteiger partial charge in [0.25, 0.3) is 0 Å². The van der Waals surface area contributed by atoms with Gasteiger partial charge in [0.2, 0.25) is 53.2 Å². The molecule has 78 heavy (non-hydrogen) atoms. The van der Waals surface area contributed by atoms with E-state index in [2.05, 4.69) is 37.2 Å². The highest BCUT2D eigenvalue weighted by molar-refractivity contribution is 7.80. The van der Waals surface area contributed by atoms with Crippen molar-refractivity contribution in [1.82, 2.24) is 47.0 Å². The van der Waals surface area contributed by atoms with Gasteiger partial charge in [0.1, 0.15) is 55.0 Å². The van der Waals surface area contributed by atoms with Crippen molar-refractivity contribution in [2.75, 3.05) is 32.8 Å². The van der Waals surface area contributed by atoms with Crippen molar-refractivity contribution < 1.29 is 91.1 Å². The first-order chi connectivity index (χ1) is 36.5. The first-order valence-electron chi connectivity index (χ1n) is 25.4. The summed E-state index contributed by atoms with van der Waals surface area (Å²) in [5.41, 5.74) is 5.17. The summed E-state index contributed by atoms with van der Waals surface area (Å²) in [6.45, 7) is 10.5. The van der Waals surface area contributed by atoms with Crippen molar-refractivity contribution in [2.45, 2.75) is 180 Å². The van der Waals surface area contributed by atoms with Crippen LogP contribution in [0.1, 0.15) is 107 Å². The molecule has 3 rings (SSSR count). The average Bonchev–Trinajstić information content (AvgIpc) is 4.05. The molecule has 9 amide bonds. The Morgan fingerprint density at radius 2 is 1.29 bits per heavy atom. The van der Waals surface area contributed by atoms with E-state index in [0.717, 1.165) is 27.7 Å².